The van der Waals surface area contributed by atoms with Crippen LogP contribution in [0.5, 0.6) is 0 Å². The SMILES string of the molecule is O=C(O[C@@H](C(=O)Nc1ccc(F)cc1)c1ccccc1)c1cccc2ccccc12. The van der Waals surface area contributed by atoms with Crippen LogP contribution in [0.4, 0.5) is 10.1 Å². The second kappa shape index (κ2) is 8.57. The minimum absolute atomic E-state index is 0.378. The van der Waals surface area contributed by atoms with Crippen LogP contribution in [0.15, 0.2) is 97.1 Å². The molecule has 0 bridgehead atoms. The van der Waals surface area contributed by atoms with Crippen molar-refractivity contribution < 1.29 is 18.7 Å². The van der Waals surface area contributed by atoms with Crippen molar-refractivity contribution in [2.45, 2.75) is 6.10 Å². The van der Waals surface area contributed by atoms with E-state index in [4.69, 9.17) is 4.74 Å². The Bertz CT molecular complexity index is 1180. The third-order valence-electron chi connectivity index (χ3n) is 4.69. The fourth-order valence-corrected chi connectivity index (χ4v) is 3.22. The maximum atomic E-state index is 13.2. The highest BCUT2D eigenvalue weighted by atomic mass is 19.1. The zero-order chi connectivity index (χ0) is 20.9. The summed E-state index contributed by atoms with van der Waals surface area (Å²) < 4.78 is 18.8. The lowest BCUT2D eigenvalue weighted by Gasteiger charge is -2.18. The standard InChI is InChI=1S/C25H18FNO3/c26-19-13-15-20(16-14-19)27-24(28)23(18-8-2-1-3-9-18)30-25(29)22-12-6-10-17-7-4-5-11-21(17)22/h1-16,23H,(H,27,28)/t23-/m1/s1. The van der Waals surface area contributed by atoms with E-state index in [1.165, 1.54) is 24.3 Å². The Morgan fingerprint density at radius 1 is 0.767 bits per heavy atom. The number of ether oxygens (including phenoxy) is 1. The van der Waals surface area contributed by atoms with Gasteiger partial charge in [-0.2, -0.15) is 0 Å². The van der Waals surface area contributed by atoms with E-state index in [1.807, 2.05) is 36.4 Å². The first-order chi connectivity index (χ1) is 14.6. The van der Waals surface area contributed by atoms with E-state index < -0.39 is 23.8 Å². The summed E-state index contributed by atoms with van der Waals surface area (Å²) in [5.41, 5.74) is 1.32. The predicted molar refractivity (Wildman–Crippen MR) is 114 cm³/mol. The van der Waals surface area contributed by atoms with Crippen LogP contribution >= 0.6 is 0 Å². The molecule has 0 heterocycles. The number of amides is 1. The first-order valence-electron chi connectivity index (χ1n) is 9.42. The first kappa shape index (κ1) is 19.3. The number of esters is 1. The number of carbonyl (C=O) groups excluding carboxylic acids is 2. The van der Waals surface area contributed by atoms with E-state index in [-0.39, 0.29) is 0 Å². The Balaban J connectivity index is 1.63. The number of hydrogen-bond donors (Lipinski definition) is 1. The molecule has 4 rings (SSSR count). The summed E-state index contributed by atoms with van der Waals surface area (Å²) in [5.74, 6) is -1.54. The summed E-state index contributed by atoms with van der Waals surface area (Å²) in [6, 6.07) is 27.0. The van der Waals surface area contributed by atoms with Crippen molar-refractivity contribution in [1.29, 1.82) is 0 Å². The second-order valence-electron chi connectivity index (χ2n) is 6.72. The molecular formula is C25H18FNO3. The number of fused-ring (bicyclic) bond motifs is 1. The van der Waals surface area contributed by atoms with Gasteiger partial charge in [0, 0.05) is 11.3 Å². The lowest BCUT2D eigenvalue weighted by atomic mass is 10.0. The highest BCUT2D eigenvalue weighted by molar-refractivity contribution is 6.06. The van der Waals surface area contributed by atoms with Crippen LogP contribution in [-0.4, -0.2) is 11.9 Å². The van der Waals surface area contributed by atoms with Crippen LogP contribution in [0.25, 0.3) is 10.8 Å². The third-order valence-corrected chi connectivity index (χ3v) is 4.69. The highest BCUT2D eigenvalue weighted by Crippen LogP contribution is 2.25. The first-order valence-corrected chi connectivity index (χ1v) is 9.42. The molecule has 0 unspecified atom stereocenters. The average molecular weight is 399 g/mol. The summed E-state index contributed by atoms with van der Waals surface area (Å²) in [4.78, 5) is 25.9. The molecule has 148 valence electrons. The molecule has 1 atom stereocenters. The van der Waals surface area contributed by atoms with E-state index in [2.05, 4.69) is 5.32 Å². The average Bonchev–Trinajstić information content (AvgIpc) is 2.79. The summed E-state index contributed by atoms with van der Waals surface area (Å²) in [5, 5.41) is 4.33. The van der Waals surface area contributed by atoms with Gasteiger partial charge in [-0.25, -0.2) is 9.18 Å². The van der Waals surface area contributed by atoms with Crippen molar-refractivity contribution in [2.75, 3.05) is 5.32 Å². The number of anilines is 1. The van der Waals surface area contributed by atoms with Gasteiger partial charge in [-0.05, 0) is 41.1 Å². The highest BCUT2D eigenvalue weighted by Gasteiger charge is 2.26. The molecule has 0 saturated heterocycles. The molecule has 4 aromatic carbocycles. The van der Waals surface area contributed by atoms with Crippen molar-refractivity contribution >= 4 is 28.3 Å². The van der Waals surface area contributed by atoms with E-state index in [9.17, 15) is 14.0 Å². The third kappa shape index (κ3) is 4.20. The van der Waals surface area contributed by atoms with Crippen molar-refractivity contribution in [3.05, 3.63) is 114 Å². The molecule has 0 saturated carbocycles. The molecule has 1 N–H and O–H groups in total. The van der Waals surface area contributed by atoms with Gasteiger partial charge in [-0.1, -0.05) is 66.7 Å². The Hall–Kier alpha value is -3.99. The molecule has 1 amide bonds. The zero-order valence-corrected chi connectivity index (χ0v) is 15.9. The van der Waals surface area contributed by atoms with E-state index in [1.54, 1.807) is 36.4 Å². The fourth-order valence-electron chi connectivity index (χ4n) is 3.22. The number of rotatable bonds is 5. The van der Waals surface area contributed by atoms with Gasteiger partial charge in [-0.3, -0.25) is 4.79 Å². The second-order valence-corrected chi connectivity index (χ2v) is 6.72. The van der Waals surface area contributed by atoms with Crippen LogP contribution in [0.1, 0.15) is 22.0 Å². The number of halogens is 1. The molecule has 30 heavy (non-hydrogen) atoms. The Kier molecular flexibility index (Phi) is 5.52. The molecule has 0 aliphatic rings. The van der Waals surface area contributed by atoms with Crippen LogP contribution in [0.2, 0.25) is 0 Å². The Labute approximate surface area is 172 Å². The maximum Gasteiger partial charge on any atom is 0.339 e. The van der Waals surface area contributed by atoms with E-state index in [0.29, 0.717) is 16.8 Å². The Morgan fingerprint density at radius 2 is 1.43 bits per heavy atom. The summed E-state index contributed by atoms with van der Waals surface area (Å²) >= 11 is 0. The summed E-state index contributed by atoms with van der Waals surface area (Å²) in [6.07, 6.45) is -1.16. The van der Waals surface area contributed by atoms with Gasteiger partial charge in [0.1, 0.15) is 5.82 Å². The molecule has 4 aromatic rings. The van der Waals surface area contributed by atoms with Gasteiger partial charge in [0.05, 0.1) is 5.56 Å². The van der Waals surface area contributed by atoms with Gasteiger partial charge in [0.25, 0.3) is 5.91 Å². The minimum atomic E-state index is -1.16. The fraction of sp³-hybridized carbons (Fsp3) is 0.0400. The molecular weight excluding hydrogens is 381 g/mol. The predicted octanol–water partition coefficient (Wildman–Crippen LogP) is 5.52. The van der Waals surface area contributed by atoms with Gasteiger partial charge in [0.2, 0.25) is 6.10 Å². The molecule has 0 fully saturated rings. The molecule has 0 aromatic heterocycles. The zero-order valence-electron chi connectivity index (χ0n) is 15.9. The van der Waals surface area contributed by atoms with Crippen molar-refractivity contribution in [2.24, 2.45) is 0 Å². The number of benzene rings is 4. The van der Waals surface area contributed by atoms with Gasteiger partial charge in [-0.15, -0.1) is 0 Å². The number of carbonyl (C=O) groups is 2. The normalized spacial score (nSPS) is 11.6. The van der Waals surface area contributed by atoms with Crippen LogP contribution in [0.3, 0.4) is 0 Å². The van der Waals surface area contributed by atoms with Gasteiger partial charge >= 0.3 is 5.97 Å². The largest absolute Gasteiger partial charge is 0.444 e. The van der Waals surface area contributed by atoms with Crippen LogP contribution in [0, 0.1) is 5.82 Å². The molecule has 0 spiro atoms. The maximum absolute atomic E-state index is 13.2. The molecule has 4 nitrogen and oxygen atoms in total. The van der Waals surface area contributed by atoms with Gasteiger partial charge in [0.15, 0.2) is 0 Å². The molecule has 5 heteroatoms. The minimum Gasteiger partial charge on any atom is -0.444 e. The molecule has 0 radical (unpaired) electrons. The van der Waals surface area contributed by atoms with Crippen LogP contribution < -0.4 is 5.32 Å². The smallest absolute Gasteiger partial charge is 0.339 e. The monoisotopic (exact) mass is 399 g/mol. The van der Waals surface area contributed by atoms with Crippen molar-refractivity contribution in [1.82, 2.24) is 0 Å². The van der Waals surface area contributed by atoms with E-state index in [0.717, 1.165) is 10.8 Å². The Morgan fingerprint density at radius 3 is 2.20 bits per heavy atom. The number of nitrogens with one attached hydrogen (secondary N) is 1. The molecule has 0 aliphatic carbocycles. The lowest BCUT2D eigenvalue weighted by Crippen LogP contribution is -2.26. The summed E-state index contributed by atoms with van der Waals surface area (Å²) in [7, 11) is 0. The molecule has 0 aliphatic heterocycles. The van der Waals surface area contributed by atoms with Crippen LogP contribution in [-0.2, 0) is 9.53 Å². The van der Waals surface area contributed by atoms with Crippen molar-refractivity contribution in [3.63, 3.8) is 0 Å². The van der Waals surface area contributed by atoms with Gasteiger partial charge < -0.3 is 10.1 Å². The van der Waals surface area contributed by atoms with E-state index >= 15 is 0 Å². The number of hydrogen-bond acceptors (Lipinski definition) is 3. The topological polar surface area (TPSA) is 55.4 Å². The van der Waals surface area contributed by atoms with Crippen molar-refractivity contribution in [3.8, 4) is 0 Å². The summed E-state index contributed by atoms with van der Waals surface area (Å²) in [6.45, 7) is 0. The quantitative estimate of drug-likeness (QED) is 0.450. The lowest BCUT2D eigenvalue weighted by molar-refractivity contribution is -0.125.